The lowest BCUT2D eigenvalue weighted by atomic mass is 10.1. The highest BCUT2D eigenvalue weighted by Gasteiger charge is 2.21. The van der Waals surface area contributed by atoms with Gasteiger partial charge in [-0.3, -0.25) is 4.79 Å². The summed E-state index contributed by atoms with van der Waals surface area (Å²) in [6, 6.07) is 5.68. The molecular weight excluding hydrogens is 286 g/mol. The van der Waals surface area contributed by atoms with Crippen LogP contribution in [0, 0.1) is 0 Å². The van der Waals surface area contributed by atoms with Crippen LogP contribution in [0.25, 0.3) is 0 Å². The van der Waals surface area contributed by atoms with Crippen molar-refractivity contribution in [3.05, 3.63) is 23.2 Å². The van der Waals surface area contributed by atoms with Gasteiger partial charge < -0.3 is 15.1 Å². The number of fused-ring (bicyclic) bond motifs is 1. The van der Waals surface area contributed by atoms with Crippen LogP contribution in [0.4, 0.5) is 11.4 Å². The first-order chi connectivity index (χ1) is 10.1. The van der Waals surface area contributed by atoms with Gasteiger partial charge in [-0.25, -0.2) is 0 Å². The molecule has 1 amide bonds. The topological polar surface area (TPSA) is 35.6 Å². The number of anilines is 2. The fraction of sp³-hybridized carbons (Fsp3) is 0.562. The van der Waals surface area contributed by atoms with Gasteiger partial charge in [0.15, 0.2) is 0 Å². The molecule has 1 aromatic carbocycles. The van der Waals surface area contributed by atoms with Crippen LogP contribution in [-0.4, -0.2) is 43.5 Å². The van der Waals surface area contributed by atoms with Gasteiger partial charge in [-0.05, 0) is 50.7 Å². The van der Waals surface area contributed by atoms with E-state index in [1.165, 1.54) is 0 Å². The van der Waals surface area contributed by atoms with E-state index in [1.54, 1.807) is 0 Å². The van der Waals surface area contributed by atoms with E-state index in [4.69, 9.17) is 11.6 Å². The minimum absolute atomic E-state index is 0.0357. The van der Waals surface area contributed by atoms with Crippen LogP contribution in [0.5, 0.6) is 0 Å². The SMILES string of the molecule is CCN(CC)CCCCN1CC(=O)Nc2cc(Cl)ccc21. The number of carbonyl (C=O) groups excluding carboxylic acids is 1. The summed E-state index contributed by atoms with van der Waals surface area (Å²) in [6.45, 7) is 9.05. The van der Waals surface area contributed by atoms with Crippen LogP contribution in [0.2, 0.25) is 5.02 Å². The molecule has 0 bridgehead atoms. The highest BCUT2D eigenvalue weighted by atomic mass is 35.5. The number of halogens is 1. The number of benzene rings is 1. The second-order valence-electron chi connectivity index (χ2n) is 5.37. The summed E-state index contributed by atoms with van der Waals surface area (Å²) in [4.78, 5) is 16.3. The number of unbranched alkanes of at least 4 members (excludes halogenated alkanes) is 1. The lowest BCUT2D eigenvalue weighted by Gasteiger charge is -2.31. The Bertz CT molecular complexity index is 488. The minimum atomic E-state index is 0.0357. The molecule has 1 aliphatic rings. The third-order valence-electron chi connectivity index (χ3n) is 3.95. The Morgan fingerprint density at radius 3 is 2.76 bits per heavy atom. The Morgan fingerprint density at radius 1 is 1.29 bits per heavy atom. The van der Waals surface area contributed by atoms with Crippen LogP contribution in [0.3, 0.4) is 0 Å². The second kappa shape index (κ2) is 7.66. The maximum atomic E-state index is 11.8. The molecule has 116 valence electrons. The van der Waals surface area contributed by atoms with Gasteiger partial charge in [-0.2, -0.15) is 0 Å². The third kappa shape index (κ3) is 4.35. The summed E-state index contributed by atoms with van der Waals surface area (Å²) in [6.07, 6.45) is 2.24. The fourth-order valence-corrected chi connectivity index (χ4v) is 2.88. The van der Waals surface area contributed by atoms with Gasteiger partial charge in [0.2, 0.25) is 5.91 Å². The lowest BCUT2D eigenvalue weighted by molar-refractivity contribution is -0.115. The van der Waals surface area contributed by atoms with E-state index in [1.807, 2.05) is 18.2 Å². The zero-order valence-corrected chi connectivity index (χ0v) is 13.6. The van der Waals surface area contributed by atoms with Gasteiger partial charge in [-0.1, -0.05) is 25.4 Å². The normalized spacial score (nSPS) is 14.3. The molecule has 0 spiro atoms. The Hall–Kier alpha value is -1.26. The largest absolute Gasteiger partial charge is 0.361 e. The highest BCUT2D eigenvalue weighted by molar-refractivity contribution is 6.31. The molecule has 0 unspecified atom stereocenters. The van der Waals surface area contributed by atoms with Crippen molar-refractivity contribution < 1.29 is 4.79 Å². The van der Waals surface area contributed by atoms with Gasteiger partial charge in [0.05, 0.1) is 17.9 Å². The molecule has 0 saturated heterocycles. The predicted molar refractivity (Wildman–Crippen MR) is 89.3 cm³/mol. The Labute approximate surface area is 132 Å². The van der Waals surface area contributed by atoms with Crippen molar-refractivity contribution in [3.8, 4) is 0 Å². The molecule has 0 saturated carbocycles. The molecule has 2 rings (SSSR count). The maximum absolute atomic E-state index is 11.8. The van der Waals surface area contributed by atoms with Crippen molar-refractivity contribution in [1.29, 1.82) is 0 Å². The van der Waals surface area contributed by atoms with Gasteiger partial charge in [0.25, 0.3) is 0 Å². The maximum Gasteiger partial charge on any atom is 0.243 e. The third-order valence-corrected chi connectivity index (χ3v) is 4.19. The summed E-state index contributed by atoms with van der Waals surface area (Å²) < 4.78 is 0. The van der Waals surface area contributed by atoms with Crippen molar-refractivity contribution in [2.24, 2.45) is 0 Å². The van der Waals surface area contributed by atoms with Crippen molar-refractivity contribution in [3.63, 3.8) is 0 Å². The number of rotatable bonds is 7. The van der Waals surface area contributed by atoms with E-state index in [2.05, 4.69) is 29.0 Å². The number of nitrogens with zero attached hydrogens (tertiary/aromatic N) is 2. The standard InChI is InChI=1S/C16H24ClN3O/c1-3-19(4-2)9-5-6-10-20-12-16(21)18-14-11-13(17)7-8-15(14)20/h7-8,11H,3-6,9-10,12H2,1-2H3,(H,18,21). The Kier molecular flexibility index (Phi) is 5.88. The van der Waals surface area contributed by atoms with Gasteiger partial charge in [0, 0.05) is 11.6 Å². The summed E-state index contributed by atoms with van der Waals surface area (Å²) in [5.41, 5.74) is 1.89. The molecule has 1 aromatic rings. The Morgan fingerprint density at radius 2 is 2.05 bits per heavy atom. The lowest BCUT2D eigenvalue weighted by Crippen LogP contribution is -2.39. The summed E-state index contributed by atoms with van der Waals surface area (Å²) in [7, 11) is 0. The molecule has 0 aliphatic carbocycles. The van der Waals surface area contributed by atoms with Crippen molar-refractivity contribution >= 4 is 28.9 Å². The highest BCUT2D eigenvalue weighted by Crippen LogP contribution is 2.32. The molecule has 5 heteroatoms. The van der Waals surface area contributed by atoms with E-state index in [9.17, 15) is 4.79 Å². The number of hydrogen-bond donors (Lipinski definition) is 1. The first kappa shape index (κ1) is 16.1. The van der Waals surface area contributed by atoms with Crippen LogP contribution in [-0.2, 0) is 4.79 Å². The second-order valence-corrected chi connectivity index (χ2v) is 5.80. The first-order valence-electron chi connectivity index (χ1n) is 7.70. The van der Waals surface area contributed by atoms with E-state index in [-0.39, 0.29) is 5.91 Å². The summed E-state index contributed by atoms with van der Waals surface area (Å²) in [5.74, 6) is 0.0357. The molecular formula is C16H24ClN3O. The van der Waals surface area contributed by atoms with E-state index in [0.29, 0.717) is 11.6 Å². The molecule has 4 nitrogen and oxygen atoms in total. The minimum Gasteiger partial charge on any atom is -0.361 e. The van der Waals surface area contributed by atoms with E-state index in [0.717, 1.165) is 50.4 Å². The number of carbonyl (C=O) groups is 1. The van der Waals surface area contributed by atoms with Gasteiger partial charge in [0.1, 0.15) is 0 Å². The number of hydrogen-bond acceptors (Lipinski definition) is 3. The van der Waals surface area contributed by atoms with Crippen LogP contribution >= 0.6 is 11.6 Å². The van der Waals surface area contributed by atoms with Crippen LogP contribution < -0.4 is 10.2 Å². The van der Waals surface area contributed by atoms with Crippen LogP contribution in [0.15, 0.2) is 18.2 Å². The first-order valence-corrected chi connectivity index (χ1v) is 8.08. The molecule has 0 atom stereocenters. The average Bonchev–Trinajstić information content (AvgIpc) is 2.46. The smallest absolute Gasteiger partial charge is 0.243 e. The fourth-order valence-electron chi connectivity index (χ4n) is 2.71. The molecule has 0 radical (unpaired) electrons. The van der Waals surface area contributed by atoms with Crippen molar-refractivity contribution in [2.45, 2.75) is 26.7 Å². The molecule has 1 N–H and O–H groups in total. The predicted octanol–water partition coefficient (Wildman–Crippen LogP) is 3.22. The summed E-state index contributed by atoms with van der Waals surface area (Å²) in [5, 5.41) is 3.53. The monoisotopic (exact) mass is 309 g/mol. The van der Waals surface area contributed by atoms with Crippen LogP contribution in [0.1, 0.15) is 26.7 Å². The van der Waals surface area contributed by atoms with E-state index < -0.39 is 0 Å². The zero-order valence-electron chi connectivity index (χ0n) is 12.9. The molecule has 21 heavy (non-hydrogen) atoms. The zero-order chi connectivity index (χ0) is 15.2. The molecule has 1 aliphatic heterocycles. The Balaban J connectivity index is 1.91. The van der Waals surface area contributed by atoms with Gasteiger partial charge >= 0.3 is 0 Å². The molecule has 0 aromatic heterocycles. The number of amides is 1. The number of nitrogens with one attached hydrogen (secondary N) is 1. The van der Waals surface area contributed by atoms with Crippen molar-refractivity contribution in [2.75, 3.05) is 42.9 Å². The summed E-state index contributed by atoms with van der Waals surface area (Å²) >= 11 is 5.99. The molecule has 0 fully saturated rings. The van der Waals surface area contributed by atoms with E-state index >= 15 is 0 Å². The molecule has 1 heterocycles. The van der Waals surface area contributed by atoms with Gasteiger partial charge in [-0.15, -0.1) is 0 Å². The average molecular weight is 310 g/mol. The van der Waals surface area contributed by atoms with Crippen molar-refractivity contribution in [1.82, 2.24) is 4.90 Å². The quantitative estimate of drug-likeness (QED) is 0.786.